The first-order valence-electron chi connectivity index (χ1n) is 7.43. The highest BCUT2D eigenvalue weighted by atomic mass is 19.4. The molecule has 0 aliphatic rings. The van der Waals surface area contributed by atoms with E-state index in [4.69, 9.17) is 4.74 Å². The molecule has 138 valence electrons. The number of carbonyl (C=O) groups excluding carboxylic acids is 1. The van der Waals surface area contributed by atoms with Gasteiger partial charge in [0, 0.05) is 6.07 Å². The summed E-state index contributed by atoms with van der Waals surface area (Å²) < 4.78 is 42.6. The molecule has 0 bridgehead atoms. The molecule has 9 heteroatoms. The number of nitrogens with zero attached hydrogens (tertiary/aromatic N) is 1. The standard InChI is InChI=1S/C17H15F3N2O4/c1-10-7-14(15(22(24)25)8-11(10)2)21-16(23)9-26-13-5-3-12(4-6-13)17(18,19)20/h3-8H,9H2,1-2H3,(H,21,23). The van der Waals surface area contributed by atoms with Gasteiger partial charge in [-0.2, -0.15) is 13.2 Å². The topological polar surface area (TPSA) is 81.5 Å². The fraction of sp³-hybridized carbons (Fsp3) is 0.235. The van der Waals surface area contributed by atoms with Crippen LogP contribution in [0, 0.1) is 24.0 Å². The Bertz CT molecular complexity index is 833. The number of halogens is 3. The number of aryl methyl sites for hydroxylation is 2. The van der Waals surface area contributed by atoms with E-state index in [2.05, 4.69) is 5.32 Å². The molecule has 0 aliphatic heterocycles. The van der Waals surface area contributed by atoms with Gasteiger partial charge in [-0.3, -0.25) is 14.9 Å². The first-order valence-corrected chi connectivity index (χ1v) is 7.43. The summed E-state index contributed by atoms with van der Waals surface area (Å²) in [5.74, 6) is -0.598. The minimum absolute atomic E-state index is 0.0270. The van der Waals surface area contributed by atoms with Gasteiger partial charge in [0.1, 0.15) is 11.4 Å². The van der Waals surface area contributed by atoms with Crippen LogP contribution in [-0.2, 0) is 11.0 Å². The van der Waals surface area contributed by atoms with E-state index in [0.717, 1.165) is 29.8 Å². The van der Waals surface area contributed by atoms with E-state index in [0.29, 0.717) is 5.56 Å². The fourth-order valence-electron chi connectivity index (χ4n) is 2.13. The van der Waals surface area contributed by atoms with Gasteiger partial charge in [-0.15, -0.1) is 0 Å². The molecule has 2 aromatic rings. The Balaban J connectivity index is 2.03. The molecule has 0 saturated heterocycles. The third kappa shape index (κ3) is 4.71. The zero-order chi connectivity index (χ0) is 19.5. The molecule has 6 nitrogen and oxygen atoms in total. The second-order valence-corrected chi connectivity index (χ2v) is 5.57. The van der Waals surface area contributed by atoms with Gasteiger partial charge < -0.3 is 10.1 Å². The molecular formula is C17H15F3N2O4. The van der Waals surface area contributed by atoms with Gasteiger partial charge in [-0.25, -0.2) is 0 Å². The van der Waals surface area contributed by atoms with Crippen LogP contribution in [0.2, 0.25) is 0 Å². The number of hydrogen-bond acceptors (Lipinski definition) is 4. The Hall–Kier alpha value is -3.10. The number of rotatable bonds is 5. The molecule has 0 spiro atoms. The van der Waals surface area contributed by atoms with Gasteiger partial charge in [0.2, 0.25) is 0 Å². The average Bonchev–Trinajstić information content (AvgIpc) is 2.55. The maximum atomic E-state index is 12.5. The predicted octanol–water partition coefficient (Wildman–Crippen LogP) is 4.25. The minimum Gasteiger partial charge on any atom is -0.484 e. The van der Waals surface area contributed by atoms with Crippen molar-refractivity contribution in [1.29, 1.82) is 0 Å². The van der Waals surface area contributed by atoms with Gasteiger partial charge in [0.05, 0.1) is 10.5 Å². The Labute approximate surface area is 146 Å². The maximum absolute atomic E-state index is 12.5. The monoisotopic (exact) mass is 368 g/mol. The van der Waals surface area contributed by atoms with Crippen molar-refractivity contribution in [3.8, 4) is 5.75 Å². The van der Waals surface area contributed by atoms with E-state index >= 15 is 0 Å². The summed E-state index contributed by atoms with van der Waals surface area (Å²) in [6.07, 6.45) is -4.46. The average molecular weight is 368 g/mol. The lowest BCUT2D eigenvalue weighted by Gasteiger charge is -2.11. The highest BCUT2D eigenvalue weighted by Crippen LogP contribution is 2.30. The molecule has 1 amide bonds. The van der Waals surface area contributed by atoms with Crippen molar-refractivity contribution in [2.75, 3.05) is 11.9 Å². The molecule has 0 unspecified atom stereocenters. The van der Waals surface area contributed by atoms with E-state index in [1.54, 1.807) is 13.8 Å². The maximum Gasteiger partial charge on any atom is 0.416 e. The first-order chi connectivity index (χ1) is 12.1. The summed E-state index contributed by atoms with van der Waals surface area (Å²) in [6.45, 7) is 2.95. The van der Waals surface area contributed by atoms with E-state index in [1.807, 2.05) is 0 Å². The van der Waals surface area contributed by atoms with Crippen molar-refractivity contribution in [2.45, 2.75) is 20.0 Å². The molecule has 26 heavy (non-hydrogen) atoms. The Morgan fingerprint density at radius 2 is 1.73 bits per heavy atom. The summed E-state index contributed by atoms with van der Waals surface area (Å²) in [6, 6.07) is 6.68. The van der Waals surface area contributed by atoms with Crippen LogP contribution < -0.4 is 10.1 Å². The normalized spacial score (nSPS) is 11.1. The molecule has 0 aliphatic carbocycles. The van der Waals surface area contributed by atoms with Crippen molar-refractivity contribution in [3.63, 3.8) is 0 Å². The Kier molecular flexibility index (Phi) is 5.49. The van der Waals surface area contributed by atoms with Crippen molar-refractivity contribution >= 4 is 17.3 Å². The highest BCUT2D eigenvalue weighted by Gasteiger charge is 2.30. The largest absolute Gasteiger partial charge is 0.484 e. The number of hydrogen-bond donors (Lipinski definition) is 1. The molecular weight excluding hydrogens is 353 g/mol. The Morgan fingerprint density at radius 1 is 1.15 bits per heavy atom. The zero-order valence-electron chi connectivity index (χ0n) is 13.9. The van der Waals surface area contributed by atoms with Gasteiger partial charge in [0.15, 0.2) is 6.61 Å². The van der Waals surface area contributed by atoms with Crippen LogP contribution in [0.1, 0.15) is 16.7 Å². The molecule has 0 radical (unpaired) electrons. The molecule has 0 atom stereocenters. The summed E-state index contributed by atoms with van der Waals surface area (Å²) in [5.41, 5.74) is 0.403. The number of carbonyl (C=O) groups is 1. The van der Waals surface area contributed by atoms with Gasteiger partial charge in [-0.1, -0.05) is 0 Å². The lowest BCUT2D eigenvalue weighted by Crippen LogP contribution is -2.21. The van der Waals surface area contributed by atoms with E-state index in [9.17, 15) is 28.1 Å². The van der Waals surface area contributed by atoms with Crippen LogP contribution in [0.3, 0.4) is 0 Å². The summed E-state index contributed by atoms with van der Waals surface area (Å²) in [4.78, 5) is 22.4. The summed E-state index contributed by atoms with van der Waals surface area (Å²) in [7, 11) is 0. The van der Waals surface area contributed by atoms with Crippen molar-refractivity contribution in [1.82, 2.24) is 0 Å². The quantitative estimate of drug-likeness (QED) is 0.632. The Morgan fingerprint density at radius 3 is 2.27 bits per heavy atom. The number of nitro benzene ring substituents is 1. The van der Waals surface area contributed by atoms with Gasteiger partial charge >= 0.3 is 6.18 Å². The molecule has 0 fully saturated rings. The fourth-order valence-corrected chi connectivity index (χ4v) is 2.13. The van der Waals surface area contributed by atoms with Crippen LogP contribution in [0.15, 0.2) is 36.4 Å². The number of nitrogens with one attached hydrogen (secondary N) is 1. The second kappa shape index (κ2) is 7.42. The number of alkyl halides is 3. The number of ether oxygens (including phenoxy) is 1. The minimum atomic E-state index is -4.46. The zero-order valence-corrected chi connectivity index (χ0v) is 13.9. The molecule has 2 aromatic carbocycles. The number of anilines is 1. The van der Waals surface area contributed by atoms with E-state index in [1.165, 1.54) is 12.1 Å². The lowest BCUT2D eigenvalue weighted by atomic mass is 10.1. The van der Waals surface area contributed by atoms with Crippen LogP contribution in [0.25, 0.3) is 0 Å². The van der Waals surface area contributed by atoms with Crippen molar-refractivity contribution < 1.29 is 27.6 Å². The molecule has 0 saturated carbocycles. The number of nitro groups is 1. The number of benzene rings is 2. The third-order valence-electron chi connectivity index (χ3n) is 3.63. The lowest BCUT2D eigenvalue weighted by molar-refractivity contribution is -0.384. The van der Waals surface area contributed by atoms with E-state index < -0.39 is 29.2 Å². The third-order valence-corrected chi connectivity index (χ3v) is 3.63. The van der Waals surface area contributed by atoms with Gasteiger partial charge in [-0.05, 0) is 55.3 Å². The SMILES string of the molecule is Cc1cc(NC(=O)COc2ccc(C(F)(F)F)cc2)c([N+](=O)[O-])cc1C. The highest BCUT2D eigenvalue weighted by molar-refractivity contribution is 5.94. The van der Waals surface area contributed by atoms with Crippen LogP contribution in [0.5, 0.6) is 5.75 Å². The van der Waals surface area contributed by atoms with Crippen LogP contribution in [-0.4, -0.2) is 17.4 Å². The van der Waals surface area contributed by atoms with Gasteiger partial charge in [0.25, 0.3) is 11.6 Å². The number of amides is 1. The summed E-state index contributed by atoms with van der Waals surface area (Å²) >= 11 is 0. The van der Waals surface area contributed by atoms with Crippen molar-refractivity contribution in [3.05, 3.63) is 63.2 Å². The van der Waals surface area contributed by atoms with Crippen LogP contribution in [0.4, 0.5) is 24.5 Å². The second-order valence-electron chi connectivity index (χ2n) is 5.57. The smallest absolute Gasteiger partial charge is 0.416 e. The predicted molar refractivity (Wildman–Crippen MR) is 88.1 cm³/mol. The first kappa shape index (κ1) is 19.2. The molecule has 2 rings (SSSR count). The molecule has 0 heterocycles. The molecule has 0 aromatic heterocycles. The molecule has 1 N–H and O–H groups in total. The van der Waals surface area contributed by atoms with Crippen molar-refractivity contribution in [2.24, 2.45) is 0 Å². The summed E-state index contributed by atoms with van der Waals surface area (Å²) in [5, 5.41) is 13.5. The van der Waals surface area contributed by atoms with Crippen LogP contribution >= 0.6 is 0 Å². The van der Waals surface area contributed by atoms with E-state index in [-0.39, 0.29) is 17.1 Å².